The molecule has 1 N–H and O–H groups in total. The van der Waals surface area contributed by atoms with Gasteiger partial charge in [-0.15, -0.1) is 11.3 Å². The molecule has 0 aliphatic heterocycles. The number of aromatic nitrogens is 1. The van der Waals surface area contributed by atoms with Crippen LogP contribution in [0.5, 0.6) is 0 Å². The molecule has 5 heteroatoms. The first-order valence-corrected chi connectivity index (χ1v) is 7.31. The molecule has 0 radical (unpaired) electrons. The Balaban J connectivity index is 2.01. The number of nitrogens with zero attached hydrogens (tertiary/aromatic N) is 1. The molecule has 3 aromatic rings. The third-order valence-corrected chi connectivity index (χ3v) is 4.62. The summed E-state index contributed by atoms with van der Waals surface area (Å²) in [4.78, 5) is 12.4. The van der Waals surface area contributed by atoms with Crippen molar-refractivity contribution in [1.82, 2.24) is 4.57 Å². The van der Waals surface area contributed by atoms with Gasteiger partial charge in [0.1, 0.15) is 4.88 Å². The van der Waals surface area contributed by atoms with Crippen molar-refractivity contribution < 1.29 is 9.90 Å². The highest BCUT2D eigenvalue weighted by Crippen LogP contribution is 2.25. The standard InChI is InChI=1S/C15H12ClNO2S/c1-9-11(6-14(20-9)15(18)19)8-17-5-4-10-2-3-12(16)7-13(10)17/h2-7H,8H2,1H3,(H,18,19). The number of aryl methyl sites for hydroxylation is 1. The molecule has 0 aliphatic rings. The molecule has 0 atom stereocenters. The summed E-state index contributed by atoms with van der Waals surface area (Å²) < 4.78 is 2.09. The molecule has 0 fully saturated rings. The first-order valence-electron chi connectivity index (χ1n) is 6.11. The molecule has 0 saturated carbocycles. The molecule has 0 unspecified atom stereocenters. The van der Waals surface area contributed by atoms with Gasteiger partial charge in [-0.3, -0.25) is 0 Å². The van der Waals surface area contributed by atoms with Crippen LogP contribution < -0.4 is 0 Å². The van der Waals surface area contributed by atoms with Crippen LogP contribution in [0.1, 0.15) is 20.1 Å². The largest absolute Gasteiger partial charge is 0.477 e. The normalized spacial score (nSPS) is 11.1. The maximum absolute atomic E-state index is 11.0. The van der Waals surface area contributed by atoms with Gasteiger partial charge in [-0.1, -0.05) is 17.7 Å². The molecule has 0 bridgehead atoms. The van der Waals surface area contributed by atoms with E-state index in [4.69, 9.17) is 16.7 Å². The van der Waals surface area contributed by atoms with Crippen LogP contribution in [0.3, 0.4) is 0 Å². The number of halogens is 1. The van der Waals surface area contributed by atoms with Crippen molar-refractivity contribution in [3.05, 3.63) is 56.9 Å². The van der Waals surface area contributed by atoms with Crippen LogP contribution in [-0.4, -0.2) is 15.6 Å². The van der Waals surface area contributed by atoms with Gasteiger partial charge in [0.2, 0.25) is 0 Å². The lowest BCUT2D eigenvalue weighted by Crippen LogP contribution is -1.98. The highest BCUT2D eigenvalue weighted by atomic mass is 35.5. The number of hydrogen-bond donors (Lipinski definition) is 1. The first-order chi connectivity index (χ1) is 9.54. The maximum atomic E-state index is 11.0. The van der Waals surface area contributed by atoms with E-state index in [1.165, 1.54) is 11.3 Å². The second kappa shape index (κ2) is 4.96. The monoisotopic (exact) mass is 305 g/mol. The Kier molecular flexibility index (Phi) is 3.28. The zero-order valence-corrected chi connectivity index (χ0v) is 12.3. The van der Waals surface area contributed by atoms with E-state index >= 15 is 0 Å². The van der Waals surface area contributed by atoms with Gasteiger partial charge in [0.25, 0.3) is 0 Å². The van der Waals surface area contributed by atoms with Crippen molar-refractivity contribution in [3.8, 4) is 0 Å². The second-order valence-electron chi connectivity index (χ2n) is 4.64. The summed E-state index contributed by atoms with van der Waals surface area (Å²) in [5.41, 5.74) is 2.09. The zero-order valence-electron chi connectivity index (χ0n) is 10.8. The van der Waals surface area contributed by atoms with Crippen LogP contribution in [0, 0.1) is 6.92 Å². The summed E-state index contributed by atoms with van der Waals surface area (Å²) in [5.74, 6) is -0.871. The highest BCUT2D eigenvalue weighted by molar-refractivity contribution is 7.14. The predicted octanol–water partition coefficient (Wildman–Crippen LogP) is 4.41. The fraction of sp³-hybridized carbons (Fsp3) is 0.133. The van der Waals surface area contributed by atoms with Gasteiger partial charge >= 0.3 is 5.97 Å². The van der Waals surface area contributed by atoms with Crippen LogP contribution in [0.2, 0.25) is 5.02 Å². The molecule has 20 heavy (non-hydrogen) atoms. The van der Waals surface area contributed by atoms with E-state index in [9.17, 15) is 4.79 Å². The number of carboxylic acid groups (broad SMARTS) is 1. The third-order valence-electron chi connectivity index (χ3n) is 3.31. The second-order valence-corrected chi connectivity index (χ2v) is 6.34. The van der Waals surface area contributed by atoms with Crippen LogP contribution in [0.15, 0.2) is 36.5 Å². The fourth-order valence-corrected chi connectivity index (χ4v) is 3.30. The van der Waals surface area contributed by atoms with Crippen LogP contribution in [0.4, 0.5) is 0 Å². The Morgan fingerprint density at radius 2 is 2.15 bits per heavy atom. The average molecular weight is 306 g/mol. The first kappa shape index (κ1) is 13.2. The summed E-state index contributed by atoms with van der Waals surface area (Å²) in [6.45, 7) is 2.60. The van der Waals surface area contributed by atoms with Crippen molar-refractivity contribution in [2.75, 3.05) is 0 Å². The van der Waals surface area contributed by atoms with E-state index in [0.29, 0.717) is 16.4 Å². The minimum atomic E-state index is -0.871. The maximum Gasteiger partial charge on any atom is 0.345 e. The molecule has 1 aromatic carbocycles. The molecular weight excluding hydrogens is 294 g/mol. The van der Waals surface area contributed by atoms with Gasteiger partial charge in [-0.2, -0.15) is 0 Å². The lowest BCUT2D eigenvalue weighted by Gasteiger charge is -2.05. The van der Waals surface area contributed by atoms with Gasteiger partial charge in [0, 0.05) is 28.2 Å². The molecule has 102 valence electrons. The summed E-state index contributed by atoms with van der Waals surface area (Å²) in [6, 6.07) is 9.56. The van der Waals surface area contributed by atoms with Gasteiger partial charge in [-0.25, -0.2) is 4.79 Å². The number of carbonyl (C=O) groups is 1. The van der Waals surface area contributed by atoms with E-state index in [0.717, 1.165) is 21.3 Å². The van der Waals surface area contributed by atoms with Crippen molar-refractivity contribution in [2.24, 2.45) is 0 Å². The number of carboxylic acids is 1. The number of fused-ring (bicyclic) bond motifs is 1. The number of hydrogen-bond acceptors (Lipinski definition) is 2. The molecule has 0 saturated heterocycles. The Bertz CT molecular complexity index is 803. The third kappa shape index (κ3) is 2.32. The molecule has 3 rings (SSSR count). The molecule has 2 heterocycles. The van der Waals surface area contributed by atoms with E-state index in [1.54, 1.807) is 6.07 Å². The minimum Gasteiger partial charge on any atom is -0.477 e. The predicted molar refractivity (Wildman–Crippen MR) is 82.1 cm³/mol. The Hall–Kier alpha value is -1.78. The Labute approximate surface area is 125 Å². The summed E-state index contributed by atoms with van der Waals surface area (Å²) in [7, 11) is 0. The van der Waals surface area contributed by atoms with Crippen molar-refractivity contribution >= 4 is 39.8 Å². The Morgan fingerprint density at radius 1 is 1.35 bits per heavy atom. The van der Waals surface area contributed by atoms with Gasteiger partial charge in [-0.05, 0) is 42.1 Å². The van der Waals surface area contributed by atoms with Gasteiger partial charge in [0.05, 0.1) is 0 Å². The summed E-state index contributed by atoms with van der Waals surface area (Å²) in [5, 5.41) is 10.9. The lowest BCUT2D eigenvalue weighted by atomic mass is 10.2. The lowest BCUT2D eigenvalue weighted by molar-refractivity contribution is 0.0702. The number of benzene rings is 1. The summed E-state index contributed by atoms with van der Waals surface area (Å²) >= 11 is 7.35. The highest BCUT2D eigenvalue weighted by Gasteiger charge is 2.12. The molecule has 0 spiro atoms. The molecular formula is C15H12ClNO2S. The van der Waals surface area contributed by atoms with E-state index in [-0.39, 0.29) is 0 Å². The molecule has 0 aliphatic carbocycles. The minimum absolute atomic E-state index is 0.381. The van der Waals surface area contributed by atoms with Crippen molar-refractivity contribution in [1.29, 1.82) is 0 Å². The van der Waals surface area contributed by atoms with E-state index in [1.807, 2.05) is 37.4 Å². The van der Waals surface area contributed by atoms with Gasteiger partial charge in [0.15, 0.2) is 0 Å². The fourth-order valence-electron chi connectivity index (χ4n) is 2.26. The smallest absolute Gasteiger partial charge is 0.345 e. The summed E-state index contributed by atoms with van der Waals surface area (Å²) in [6.07, 6.45) is 2.00. The number of thiophene rings is 1. The van der Waals surface area contributed by atoms with Crippen LogP contribution >= 0.6 is 22.9 Å². The molecule has 3 nitrogen and oxygen atoms in total. The average Bonchev–Trinajstić information content (AvgIpc) is 2.95. The number of rotatable bonds is 3. The van der Waals surface area contributed by atoms with Crippen LogP contribution in [0.25, 0.3) is 10.9 Å². The van der Waals surface area contributed by atoms with Crippen molar-refractivity contribution in [3.63, 3.8) is 0 Å². The van der Waals surface area contributed by atoms with Gasteiger partial charge < -0.3 is 9.67 Å². The molecule has 2 aromatic heterocycles. The van der Waals surface area contributed by atoms with Crippen LogP contribution in [-0.2, 0) is 6.54 Å². The zero-order chi connectivity index (χ0) is 14.3. The topological polar surface area (TPSA) is 42.2 Å². The SMILES string of the molecule is Cc1sc(C(=O)O)cc1Cn1ccc2ccc(Cl)cc21. The quantitative estimate of drug-likeness (QED) is 0.778. The Morgan fingerprint density at radius 3 is 2.85 bits per heavy atom. The van der Waals surface area contributed by atoms with Crippen molar-refractivity contribution in [2.45, 2.75) is 13.5 Å². The molecule has 0 amide bonds. The van der Waals surface area contributed by atoms with E-state index < -0.39 is 5.97 Å². The number of aromatic carboxylic acids is 1. The van der Waals surface area contributed by atoms with E-state index in [2.05, 4.69) is 4.57 Å².